The molecule has 2 nitrogen and oxygen atoms in total. The second-order valence-electron chi connectivity index (χ2n) is 2.18. The molecule has 1 aromatic rings. The van der Waals surface area contributed by atoms with Gasteiger partial charge in [0.15, 0.2) is 0 Å². The standard InChI is InChI=1S/C8H9NOS/c1-9-8-5-4-7(11-8)3-2-6-10/h4-5,10H,2-3,6H2. The monoisotopic (exact) mass is 167 g/mol. The van der Waals surface area contributed by atoms with Gasteiger partial charge in [0, 0.05) is 6.61 Å². The molecule has 0 aliphatic rings. The normalized spacial score (nSPS) is 9.45. The van der Waals surface area contributed by atoms with E-state index in [0.29, 0.717) is 0 Å². The van der Waals surface area contributed by atoms with Crippen LogP contribution in [0.3, 0.4) is 0 Å². The Labute approximate surface area is 69.9 Å². The predicted molar refractivity (Wildman–Crippen MR) is 46.0 cm³/mol. The van der Waals surface area contributed by atoms with Crippen molar-refractivity contribution in [3.63, 3.8) is 0 Å². The summed E-state index contributed by atoms with van der Waals surface area (Å²) in [5.41, 5.74) is 0. The van der Waals surface area contributed by atoms with Gasteiger partial charge in [-0.3, -0.25) is 0 Å². The van der Waals surface area contributed by atoms with E-state index in [-0.39, 0.29) is 6.61 Å². The fourth-order valence-electron chi connectivity index (χ4n) is 0.814. The Balaban J connectivity index is 2.53. The van der Waals surface area contributed by atoms with Crippen molar-refractivity contribution in [2.24, 2.45) is 0 Å². The highest BCUT2D eigenvalue weighted by Gasteiger charge is 1.97. The summed E-state index contributed by atoms with van der Waals surface area (Å²) in [6.07, 6.45) is 1.68. The van der Waals surface area contributed by atoms with E-state index in [1.54, 1.807) is 0 Å². The Bertz CT molecular complexity index is 261. The highest BCUT2D eigenvalue weighted by molar-refractivity contribution is 7.16. The van der Waals surface area contributed by atoms with E-state index in [2.05, 4.69) is 4.85 Å². The van der Waals surface area contributed by atoms with Crippen LogP contribution in [0, 0.1) is 6.57 Å². The maximum atomic E-state index is 8.54. The third-order valence-electron chi connectivity index (χ3n) is 1.34. The van der Waals surface area contributed by atoms with Crippen LogP contribution in [0.4, 0.5) is 5.00 Å². The molecular formula is C8H9NOS. The second kappa shape index (κ2) is 4.12. The maximum absolute atomic E-state index is 8.54. The quantitative estimate of drug-likeness (QED) is 0.686. The number of hydrogen-bond acceptors (Lipinski definition) is 2. The lowest BCUT2D eigenvalue weighted by Crippen LogP contribution is -1.84. The second-order valence-corrected chi connectivity index (χ2v) is 3.33. The molecule has 0 aromatic carbocycles. The average molecular weight is 167 g/mol. The van der Waals surface area contributed by atoms with Gasteiger partial charge in [-0.2, -0.15) is 11.3 Å². The van der Waals surface area contributed by atoms with Gasteiger partial charge in [-0.15, -0.1) is 0 Å². The zero-order valence-electron chi connectivity index (χ0n) is 6.08. The number of nitrogens with zero attached hydrogens (tertiary/aromatic N) is 1. The van der Waals surface area contributed by atoms with Crippen molar-refractivity contribution in [1.29, 1.82) is 0 Å². The van der Waals surface area contributed by atoms with Gasteiger partial charge in [0.05, 0.1) is 6.57 Å². The highest BCUT2D eigenvalue weighted by Crippen LogP contribution is 2.25. The van der Waals surface area contributed by atoms with Gasteiger partial charge in [-0.05, 0) is 23.8 Å². The molecule has 1 rings (SSSR count). The van der Waals surface area contributed by atoms with Crippen LogP contribution in [0.15, 0.2) is 12.1 Å². The zero-order chi connectivity index (χ0) is 8.10. The van der Waals surface area contributed by atoms with Crippen LogP contribution in [0.2, 0.25) is 0 Å². The molecule has 0 aliphatic carbocycles. The summed E-state index contributed by atoms with van der Waals surface area (Å²) in [6, 6.07) is 3.78. The molecule has 1 aromatic heterocycles. The summed E-state index contributed by atoms with van der Waals surface area (Å²) >= 11 is 1.51. The molecule has 58 valence electrons. The van der Waals surface area contributed by atoms with E-state index >= 15 is 0 Å². The van der Waals surface area contributed by atoms with Crippen molar-refractivity contribution >= 4 is 16.3 Å². The molecule has 0 radical (unpaired) electrons. The molecule has 0 aliphatic heterocycles. The number of aryl methyl sites for hydroxylation is 1. The SMILES string of the molecule is [C-]#[N+]c1ccc(CCCO)s1. The molecular weight excluding hydrogens is 158 g/mol. The summed E-state index contributed by atoms with van der Waals surface area (Å²) < 4.78 is 0. The highest BCUT2D eigenvalue weighted by atomic mass is 32.1. The minimum atomic E-state index is 0.227. The summed E-state index contributed by atoms with van der Waals surface area (Å²) in [5.74, 6) is 0. The number of thiophene rings is 1. The number of rotatable bonds is 3. The largest absolute Gasteiger partial charge is 0.396 e. The fraction of sp³-hybridized carbons (Fsp3) is 0.375. The Morgan fingerprint density at radius 3 is 2.91 bits per heavy atom. The van der Waals surface area contributed by atoms with E-state index in [0.717, 1.165) is 17.8 Å². The van der Waals surface area contributed by atoms with E-state index in [1.165, 1.54) is 16.2 Å². The van der Waals surface area contributed by atoms with Crippen LogP contribution in [-0.4, -0.2) is 11.7 Å². The predicted octanol–water partition coefficient (Wildman–Crippen LogP) is 2.22. The molecule has 0 amide bonds. The zero-order valence-corrected chi connectivity index (χ0v) is 6.90. The van der Waals surface area contributed by atoms with Gasteiger partial charge in [0.25, 0.3) is 0 Å². The maximum Gasteiger partial charge on any atom is 0.241 e. The lowest BCUT2D eigenvalue weighted by molar-refractivity contribution is 0.289. The van der Waals surface area contributed by atoms with Crippen molar-refractivity contribution in [3.8, 4) is 0 Å². The molecule has 1 N–H and O–H groups in total. The first-order valence-corrected chi connectivity index (χ1v) is 4.25. The molecule has 0 fully saturated rings. The molecule has 0 bridgehead atoms. The summed E-state index contributed by atoms with van der Waals surface area (Å²) in [6.45, 7) is 6.95. The minimum Gasteiger partial charge on any atom is -0.396 e. The van der Waals surface area contributed by atoms with E-state index in [9.17, 15) is 0 Å². The number of aliphatic hydroxyl groups excluding tert-OH is 1. The van der Waals surface area contributed by atoms with Crippen LogP contribution in [0.25, 0.3) is 4.85 Å². The number of hydrogen-bond donors (Lipinski definition) is 1. The van der Waals surface area contributed by atoms with Crippen molar-refractivity contribution in [1.82, 2.24) is 0 Å². The summed E-state index contributed by atoms with van der Waals surface area (Å²) in [5, 5.41) is 9.27. The Morgan fingerprint density at radius 2 is 2.36 bits per heavy atom. The third kappa shape index (κ3) is 2.34. The first kappa shape index (κ1) is 8.25. The van der Waals surface area contributed by atoms with Crippen LogP contribution < -0.4 is 0 Å². The van der Waals surface area contributed by atoms with Crippen molar-refractivity contribution in [2.45, 2.75) is 12.8 Å². The van der Waals surface area contributed by atoms with E-state index < -0.39 is 0 Å². The van der Waals surface area contributed by atoms with Gasteiger partial charge in [0.2, 0.25) is 5.00 Å². The average Bonchev–Trinajstić information content (AvgIpc) is 2.48. The van der Waals surface area contributed by atoms with Gasteiger partial charge < -0.3 is 5.11 Å². The molecule has 0 saturated heterocycles. The molecule has 3 heteroatoms. The van der Waals surface area contributed by atoms with Crippen molar-refractivity contribution < 1.29 is 5.11 Å². The van der Waals surface area contributed by atoms with Gasteiger partial charge >= 0.3 is 0 Å². The minimum absolute atomic E-state index is 0.227. The van der Waals surface area contributed by atoms with Crippen LogP contribution in [0.1, 0.15) is 11.3 Å². The Morgan fingerprint density at radius 1 is 1.55 bits per heavy atom. The fourth-order valence-corrected chi connectivity index (χ4v) is 1.65. The van der Waals surface area contributed by atoms with Crippen LogP contribution in [0.5, 0.6) is 0 Å². The molecule has 0 saturated carbocycles. The first-order chi connectivity index (χ1) is 5.36. The smallest absolute Gasteiger partial charge is 0.241 e. The number of aliphatic hydroxyl groups is 1. The van der Waals surface area contributed by atoms with Gasteiger partial charge in [-0.25, -0.2) is 4.85 Å². The van der Waals surface area contributed by atoms with Gasteiger partial charge in [0.1, 0.15) is 0 Å². The first-order valence-electron chi connectivity index (χ1n) is 3.44. The van der Waals surface area contributed by atoms with Crippen molar-refractivity contribution in [2.75, 3.05) is 6.61 Å². The summed E-state index contributed by atoms with van der Waals surface area (Å²) in [4.78, 5) is 4.49. The van der Waals surface area contributed by atoms with Gasteiger partial charge in [-0.1, -0.05) is 6.07 Å². The molecule has 0 unspecified atom stereocenters. The van der Waals surface area contributed by atoms with Crippen LogP contribution >= 0.6 is 11.3 Å². The van der Waals surface area contributed by atoms with E-state index in [1.807, 2.05) is 12.1 Å². The summed E-state index contributed by atoms with van der Waals surface area (Å²) in [7, 11) is 0. The lowest BCUT2D eigenvalue weighted by Gasteiger charge is -1.91. The lowest BCUT2D eigenvalue weighted by atomic mass is 10.3. The van der Waals surface area contributed by atoms with Crippen LogP contribution in [-0.2, 0) is 6.42 Å². The van der Waals surface area contributed by atoms with Crippen molar-refractivity contribution in [3.05, 3.63) is 28.4 Å². The molecule has 0 atom stereocenters. The molecule has 0 spiro atoms. The molecule has 1 heterocycles. The molecule has 11 heavy (non-hydrogen) atoms. The third-order valence-corrected chi connectivity index (χ3v) is 2.38. The topological polar surface area (TPSA) is 24.6 Å². The Hall–Kier alpha value is -0.850. The Kier molecular flexibility index (Phi) is 3.09. The van der Waals surface area contributed by atoms with E-state index in [4.69, 9.17) is 11.7 Å².